The van der Waals surface area contributed by atoms with E-state index in [9.17, 15) is 0 Å². The van der Waals surface area contributed by atoms with Gasteiger partial charge in [-0.1, -0.05) is 17.4 Å². The van der Waals surface area contributed by atoms with Gasteiger partial charge in [0, 0.05) is 18.7 Å². The second-order valence-electron chi connectivity index (χ2n) is 4.87. The van der Waals surface area contributed by atoms with Crippen molar-refractivity contribution in [1.29, 1.82) is 0 Å². The van der Waals surface area contributed by atoms with Gasteiger partial charge in [-0.2, -0.15) is 5.10 Å². The van der Waals surface area contributed by atoms with Crippen LogP contribution in [0.15, 0.2) is 30.7 Å². The molecule has 1 atom stereocenters. The normalized spacial score (nSPS) is 17.4. The summed E-state index contributed by atoms with van der Waals surface area (Å²) < 4.78 is 1.95. The zero-order chi connectivity index (χ0) is 14.1. The molecule has 0 saturated heterocycles. The average Bonchev–Trinajstić information content (AvgIpc) is 3.17. The standard InChI is InChI=1S/C13H13N7S/c1-2-6-14-10(3-1)12-18-19-13(21-12)17-9-4-5-11-15-8-16-20(11)7-9/h1-3,6,8-9H,4-5,7H2,(H,17,19). The first-order valence-electron chi connectivity index (χ1n) is 6.76. The van der Waals surface area contributed by atoms with Crippen molar-refractivity contribution < 1.29 is 0 Å². The summed E-state index contributed by atoms with van der Waals surface area (Å²) in [5.74, 6) is 1.06. The van der Waals surface area contributed by atoms with E-state index in [4.69, 9.17) is 0 Å². The van der Waals surface area contributed by atoms with Gasteiger partial charge < -0.3 is 5.32 Å². The summed E-state index contributed by atoms with van der Waals surface area (Å²) in [6.45, 7) is 0.813. The van der Waals surface area contributed by atoms with Gasteiger partial charge >= 0.3 is 0 Å². The molecule has 7 nitrogen and oxygen atoms in total. The monoisotopic (exact) mass is 299 g/mol. The first-order chi connectivity index (χ1) is 10.4. The summed E-state index contributed by atoms with van der Waals surface area (Å²) in [6.07, 6.45) is 5.33. The van der Waals surface area contributed by atoms with Gasteiger partial charge in [0.1, 0.15) is 17.8 Å². The van der Waals surface area contributed by atoms with E-state index in [2.05, 4.69) is 30.6 Å². The molecule has 0 saturated carbocycles. The molecule has 0 aliphatic carbocycles. The molecule has 4 rings (SSSR count). The van der Waals surface area contributed by atoms with Gasteiger partial charge in [-0.05, 0) is 18.6 Å². The molecule has 4 heterocycles. The molecule has 1 unspecified atom stereocenters. The fourth-order valence-electron chi connectivity index (χ4n) is 2.40. The lowest BCUT2D eigenvalue weighted by Crippen LogP contribution is -2.31. The highest BCUT2D eigenvalue weighted by atomic mass is 32.1. The first-order valence-corrected chi connectivity index (χ1v) is 7.58. The molecule has 1 aliphatic heterocycles. The van der Waals surface area contributed by atoms with Crippen molar-refractivity contribution in [1.82, 2.24) is 29.9 Å². The van der Waals surface area contributed by atoms with Crippen LogP contribution in [0.4, 0.5) is 5.13 Å². The van der Waals surface area contributed by atoms with E-state index in [-0.39, 0.29) is 0 Å². The van der Waals surface area contributed by atoms with Gasteiger partial charge in [0.25, 0.3) is 0 Å². The van der Waals surface area contributed by atoms with Gasteiger partial charge in [-0.15, -0.1) is 10.2 Å². The molecule has 0 radical (unpaired) electrons. The average molecular weight is 299 g/mol. The number of fused-ring (bicyclic) bond motifs is 1. The van der Waals surface area contributed by atoms with Crippen LogP contribution in [0, 0.1) is 0 Å². The van der Waals surface area contributed by atoms with E-state index in [1.165, 1.54) is 11.3 Å². The summed E-state index contributed by atoms with van der Waals surface area (Å²) >= 11 is 1.52. The maximum absolute atomic E-state index is 4.29. The smallest absolute Gasteiger partial charge is 0.206 e. The lowest BCUT2D eigenvalue weighted by atomic mass is 10.1. The highest BCUT2D eigenvalue weighted by Crippen LogP contribution is 2.26. The van der Waals surface area contributed by atoms with Crippen LogP contribution < -0.4 is 5.32 Å². The molecule has 3 aromatic rings. The van der Waals surface area contributed by atoms with Crippen LogP contribution >= 0.6 is 11.3 Å². The summed E-state index contributed by atoms with van der Waals surface area (Å²) in [6, 6.07) is 6.09. The van der Waals surface area contributed by atoms with Crippen molar-refractivity contribution in [2.75, 3.05) is 5.32 Å². The molecule has 1 N–H and O–H groups in total. The van der Waals surface area contributed by atoms with Crippen LogP contribution in [-0.2, 0) is 13.0 Å². The third-order valence-electron chi connectivity index (χ3n) is 3.44. The van der Waals surface area contributed by atoms with E-state index in [0.717, 1.165) is 41.0 Å². The molecule has 0 aromatic carbocycles. The molecule has 0 bridgehead atoms. The molecule has 106 valence electrons. The van der Waals surface area contributed by atoms with Gasteiger partial charge in [0.15, 0.2) is 5.01 Å². The minimum absolute atomic E-state index is 0.309. The molecule has 21 heavy (non-hydrogen) atoms. The predicted molar refractivity (Wildman–Crippen MR) is 78.9 cm³/mol. The van der Waals surface area contributed by atoms with Crippen LogP contribution in [0.2, 0.25) is 0 Å². The van der Waals surface area contributed by atoms with Gasteiger partial charge in [0.05, 0.1) is 6.54 Å². The van der Waals surface area contributed by atoms with E-state index in [1.54, 1.807) is 12.5 Å². The summed E-state index contributed by atoms with van der Waals surface area (Å²) in [4.78, 5) is 8.52. The Balaban J connectivity index is 1.48. The summed E-state index contributed by atoms with van der Waals surface area (Å²) in [5.41, 5.74) is 0.852. The first kappa shape index (κ1) is 12.4. The zero-order valence-corrected chi connectivity index (χ0v) is 12.0. The van der Waals surface area contributed by atoms with Crippen molar-refractivity contribution in [3.05, 3.63) is 36.5 Å². The highest BCUT2D eigenvalue weighted by molar-refractivity contribution is 7.18. The van der Waals surface area contributed by atoms with Crippen molar-refractivity contribution >= 4 is 16.5 Å². The minimum Gasteiger partial charge on any atom is -0.355 e. The number of nitrogens with zero attached hydrogens (tertiary/aromatic N) is 6. The Labute approximate surface area is 125 Å². The Kier molecular flexibility index (Phi) is 3.07. The Morgan fingerprint density at radius 1 is 1.24 bits per heavy atom. The number of aromatic nitrogens is 6. The van der Waals surface area contributed by atoms with Gasteiger partial charge in [-0.3, -0.25) is 4.98 Å². The van der Waals surface area contributed by atoms with E-state index < -0.39 is 0 Å². The molecule has 3 aromatic heterocycles. The SMILES string of the molecule is c1ccc(-c2nnc(NC3CCc4ncnn4C3)s2)nc1. The van der Waals surface area contributed by atoms with Crippen LogP contribution in [0.1, 0.15) is 12.2 Å². The largest absolute Gasteiger partial charge is 0.355 e. The van der Waals surface area contributed by atoms with Crippen LogP contribution in [-0.4, -0.2) is 36.0 Å². The van der Waals surface area contributed by atoms with E-state index in [0.29, 0.717) is 6.04 Å². The Morgan fingerprint density at radius 2 is 2.24 bits per heavy atom. The number of pyridine rings is 1. The molecular weight excluding hydrogens is 286 g/mol. The zero-order valence-electron chi connectivity index (χ0n) is 11.2. The predicted octanol–water partition coefficient (Wildman–Crippen LogP) is 1.62. The summed E-state index contributed by atoms with van der Waals surface area (Å²) in [7, 11) is 0. The van der Waals surface area contributed by atoms with Crippen molar-refractivity contribution in [2.24, 2.45) is 0 Å². The third-order valence-corrected chi connectivity index (χ3v) is 4.32. The van der Waals surface area contributed by atoms with E-state index in [1.807, 2.05) is 22.9 Å². The van der Waals surface area contributed by atoms with Gasteiger partial charge in [0.2, 0.25) is 5.13 Å². The Hall–Kier alpha value is -2.35. The number of rotatable bonds is 3. The van der Waals surface area contributed by atoms with Crippen LogP contribution in [0.25, 0.3) is 10.7 Å². The quantitative estimate of drug-likeness (QED) is 0.791. The second-order valence-corrected chi connectivity index (χ2v) is 5.84. The third kappa shape index (κ3) is 2.49. The molecule has 0 fully saturated rings. The fourth-order valence-corrected chi connectivity index (χ4v) is 3.20. The maximum Gasteiger partial charge on any atom is 0.206 e. The molecule has 8 heteroatoms. The number of hydrogen-bond donors (Lipinski definition) is 1. The van der Waals surface area contributed by atoms with Crippen LogP contribution in [0.5, 0.6) is 0 Å². The summed E-state index contributed by atoms with van der Waals surface area (Å²) in [5, 5.41) is 17.7. The lowest BCUT2D eigenvalue weighted by molar-refractivity contribution is 0.441. The maximum atomic E-state index is 4.29. The van der Waals surface area contributed by atoms with E-state index >= 15 is 0 Å². The van der Waals surface area contributed by atoms with Crippen LogP contribution in [0.3, 0.4) is 0 Å². The molecule has 1 aliphatic rings. The van der Waals surface area contributed by atoms with Crippen molar-refractivity contribution in [2.45, 2.75) is 25.4 Å². The Morgan fingerprint density at radius 3 is 3.14 bits per heavy atom. The number of aryl methyl sites for hydroxylation is 1. The number of nitrogens with one attached hydrogen (secondary N) is 1. The molecule has 0 amide bonds. The topological polar surface area (TPSA) is 81.4 Å². The molecular formula is C13H13N7S. The molecule has 0 spiro atoms. The highest BCUT2D eigenvalue weighted by Gasteiger charge is 2.20. The minimum atomic E-state index is 0.309. The number of hydrogen-bond acceptors (Lipinski definition) is 7. The van der Waals surface area contributed by atoms with Crippen molar-refractivity contribution in [3.8, 4) is 10.7 Å². The van der Waals surface area contributed by atoms with Crippen molar-refractivity contribution in [3.63, 3.8) is 0 Å². The lowest BCUT2D eigenvalue weighted by Gasteiger charge is -2.22. The second kappa shape index (κ2) is 5.21. The van der Waals surface area contributed by atoms with Gasteiger partial charge in [-0.25, -0.2) is 9.67 Å². The Bertz CT molecular complexity index is 736. The fraction of sp³-hybridized carbons (Fsp3) is 0.308. The number of anilines is 1.